The van der Waals surface area contributed by atoms with Gasteiger partial charge in [0, 0.05) is 25.2 Å². The van der Waals surface area contributed by atoms with Crippen LogP contribution in [-0.2, 0) is 35.0 Å². The van der Waals surface area contributed by atoms with E-state index < -0.39 is 46.9 Å². The fourth-order valence-electron chi connectivity index (χ4n) is 2.80. The third kappa shape index (κ3) is 4.30. The van der Waals surface area contributed by atoms with Crippen molar-refractivity contribution in [3.63, 3.8) is 0 Å². The number of nitrogens with one attached hydrogen (secondary N) is 1. The van der Waals surface area contributed by atoms with Crippen LogP contribution in [0.15, 0.2) is 34.1 Å². The van der Waals surface area contributed by atoms with Crippen LogP contribution in [0.4, 0.5) is 11.4 Å². The van der Waals surface area contributed by atoms with Crippen molar-refractivity contribution in [2.24, 2.45) is 14.1 Å². The molecule has 0 bridgehead atoms. The molecule has 31 heavy (non-hydrogen) atoms. The van der Waals surface area contributed by atoms with E-state index in [1.54, 1.807) is 0 Å². The average Bonchev–Trinajstić information content (AvgIpc) is 3.14. The minimum atomic E-state index is -0.865. The molecule has 3 aromatic rings. The smallest absolute Gasteiger partial charge is 0.332 e. The number of amides is 1. The number of benzene rings is 1. The van der Waals surface area contributed by atoms with Gasteiger partial charge in [0.15, 0.2) is 17.8 Å². The van der Waals surface area contributed by atoms with Gasteiger partial charge < -0.3 is 14.6 Å². The number of nitro groups is 1. The molecule has 0 aliphatic carbocycles. The maximum atomic E-state index is 12.4. The van der Waals surface area contributed by atoms with Crippen molar-refractivity contribution >= 4 is 46.0 Å². The molecule has 0 radical (unpaired) electrons. The number of imidazole rings is 1. The maximum absolute atomic E-state index is 12.4. The minimum absolute atomic E-state index is 0.0165. The van der Waals surface area contributed by atoms with Gasteiger partial charge in [-0.3, -0.25) is 33.6 Å². The number of nitrogens with zero attached hydrogens (tertiary/aromatic N) is 5. The number of nitro benzene ring substituents is 1. The van der Waals surface area contributed by atoms with Gasteiger partial charge in [-0.1, -0.05) is 11.6 Å². The molecule has 1 N–H and O–H groups in total. The summed E-state index contributed by atoms with van der Waals surface area (Å²) in [5.74, 6) is -1.68. The van der Waals surface area contributed by atoms with Crippen LogP contribution in [0, 0.1) is 10.1 Å². The van der Waals surface area contributed by atoms with Crippen molar-refractivity contribution in [1.29, 1.82) is 0 Å². The fraction of sp³-hybridized carbons (Fsp3) is 0.235. The van der Waals surface area contributed by atoms with Crippen LogP contribution in [0.25, 0.3) is 11.2 Å². The van der Waals surface area contributed by atoms with Gasteiger partial charge in [0.25, 0.3) is 17.2 Å². The lowest BCUT2D eigenvalue weighted by Crippen LogP contribution is -2.37. The summed E-state index contributed by atoms with van der Waals surface area (Å²) in [4.78, 5) is 62.7. The van der Waals surface area contributed by atoms with Crippen molar-refractivity contribution in [3.05, 3.63) is 60.5 Å². The highest BCUT2D eigenvalue weighted by Crippen LogP contribution is 2.27. The van der Waals surface area contributed by atoms with Gasteiger partial charge in [-0.25, -0.2) is 9.78 Å². The minimum Gasteiger partial charge on any atom is -0.454 e. The highest BCUT2D eigenvalue weighted by Gasteiger charge is 2.19. The molecular weight excluding hydrogens is 436 g/mol. The van der Waals surface area contributed by atoms with Gasteiger partial charge in [0.1, 0.15) is 12.2 Å². The van der Waals surface area contributed by atoms with Gasteiger partial charge >= 0.3 is 11.7 Å². The molecule has 0 aliphatic heterocycles. The molecule has 0 aliphatic rings. The van der Waals surface area contributed by atoms with Crippen LogP contribution >= 0.6 is 11.6 Å². The Morgan fingerprint density at radius 1 is 1.26 bits per heavy atom. The molecule has 0 spiro atoms. The lowest BCUT2D eigenvalue weighted by molar-refractivity contribution is -0.383. The van der Waals surface area contributed by atoms with Crippen LogP contribution in [0.1, 0.15) is 0 Å². The second-order valence-electron chi connectivity index (χ2n) is 6.38. The Morgan fingerprint density at radius 3 is 2.65 bits per heavy atom. The zero-order valence-corrected chi connectivity index (χ0v) is 17.0. The Kier molecular flexibility index (Phi) is 5.88. The van der Waals surface area contributed by atoms with E-state index in [1.165, 1.54) is 37.1 Å². The maximum Gasteiger partial charge on any atom is 0.332 e. The number of rotatable bonds is 6. The van der Waals surface area contributed by atoms with Crippen molar-refractivity contribution in [2.75, 3.05) is 11.9 Å². The summed E-state index contributed by atoms with van der Waals surface area (Å²) < 4.78 is 8.10. The molecule has 0 saturated carbocycles. The van der Waals surface area contributed by atoms with Gasteiger partial charge in [0.2, 0.25) is 0 Å². The van der Waals surface area contributed by atoms with Gasteiger partial charge in [0.05, 0.1) is 11.3 Å². The van der Waals surface area contributed by atoms with Gasteiger partial charge in [-0.2, -0.15) is 0 Å². The van der Waals surface area contributed by atoms with Crippen molar-refractivity contribution in [3.8, 4) is 0 Å². The number of esters is 1. The van der Waals surface area contributed by atoms with E-state index >= 15 is 0 Å². The van der Waals surface area contributed by atoms with Crippen LogP contribution in [-0.4, -0.2) is 42.1 Å². The predicted molar refractivity (Wildman–Crippen MR) is 108 cm³/mol. The first-order valence-electron chi connectivity index (χ1n) is 8.60. The molecule has 162 valence electrons. The SMILES string of the molecule is Cn1c(=O)c2c(ncn2CC(=O)OCC(=O)Nc2ccc(Cl)cc2[N+](=O)[O-])n(C)c1=O. The van der Waals surface area contributed by atoms with Crippen molar-refractivity contribution < 1.29 is 19.2 Å². The number of ether oxygens (including phenoxy) is 1. The number of halogens is 1. The van der Waals surface area contributed by atoms with E-state index in [9.17, 15) is 29.3 Å². The summed E-state index contributed by atoms with van der Waals surface area (Å²) >= 11 is 5.71. The standard InChI is InChI=1S/C17H15ClN6O7/c1-21-15-14(16(27)22(2)17(21)28)23(8-19-15)6-13(26)31-7-12(25)20-10-4-3-9(18)5-11(10)24(29)30/h3-5,8H,6-7H2,1-2H3,(H,20,25). The zero-order chi connectivity index (χ0) is 22.9. The molecule has 2 heterocycles. The topological polar surface area (TPSA) is 160 Å². The van der Waals surface area contributed by atoms with Crippen LogP contribution in [0.3, 0.4) is 0 Å². The second kappa shape index (κ2) is 8.39. The molecule has 0 unspecified atom stereocenters. The van der Waals surface area contributed by atoms with E-state index in [1.807, 2.05) is 0 Å². The Labute approximate surface area is 177 Å². The number of hydrogen-bond donors (Lipinski definition) is 1. The first-order chi connectivity index (χ1) is 14.6. The summed E-state index contributed by atoms with van der Waals surface area (Å²) in [5.41, 5.74) is -1.63. The second-order valence-corrected chi connectivity index (χ2v) is 6.81. The molecule has 13 nitrogen and oxygen atoms in total. The number of fused-ring (bicyclic) bond motifs is 1. The number of carbonyl (C=O) groups is 2. The summed E-state index contributed by atoms with van der Waals surface area (Å²) in [7, 11) is 2.72. The monoisotopic (exact) mass is 450 g/mol. The fourth-order valence-corrected chi connectivity index (χ4v) is 2.96. The quantitative estimate of drug-likeness (QED) is 0.316. The predicted octanol–water partition coefficient (Wildman–Crippen LogP) is 0.177. The molecule has 14 heteroatoms. The molecule has 0 fully saturated rings. The molecule has 1 amide bonds. The van der Waals surface area contributed by atoms with Crippen molar-refractivity contribution in [2.45, 2.75) is 6.54 Å². The number of aromatic nitrogens is 4. The summed E-state index contributed by atoms with van der Waals surface area (Å²) in [6, 6.07) is 3.67. The molecule has 1 aromatic carbocycles. The zero-order valence-electron chi connectivity index (χ0n) is 16.2. The van der Waals surface area contributed by atoms with Gasteiger partial charge in [-0.05, 0) is 12.1 Å². The van der Waals surface area contributed by atoms with Crippen molar-refractivity contribution in [1.82, 2.24) is 18.7 Å². The van der Waals surface area contributed by atoms with E-state index in [2.05, 4.69) is 10.3 Å². The van der Waals surface area contributed by atoms with Crippen LogP contribution < -0.4 is 16.6 Å². The van der Waals surface area contributed by atoms with Crippen LogP contribution in [0.5, 0.6) is 0 Å². The third-order valence-electron chi connectivity index (χ3n) is 4.31. The highest BCUT2D eigenvalue weighted by atomic mass is 35.5. The van der Waals surface area contributed by atoms with E-state index in [0.29, 0.717) is 0 Å². The normalized spacial score (nSPS) is 10.8. The van der Waals surface area contributed by atoms with E-state index in [0.717, 1.165) is 15.2 Å². The number of carbonyl (C=O) groups excluding carboxylic acids is 2. The highest BCUT2D eigenvalue weighted by molar-refractivity contribution is 6.31. The summed E-state index contributed by atoms with van der Waals surface area (Å²) in [6.45, 7) is -1.17. The first kappa shape index (κ1) is 21.7. The van der Waals surface area contributed by atoms with Crippen LogP contribution in [0.2, 0.25) is 5.02 Å². The van der Waals surface area contributed by atoms with Gasteiger partial charge in [-0.15, -0.1) is 0 Å². The lowest BCUT2D eigenvalue weighted by Gasteiger charge is -2.08. The largest absolute Gasteiger partial charge is 0.454 e. The number of hydrogen-bond acceptors (Lipinski definition) is 8. The first-order valence-corrected chi connectivity index (χ1v) is 8.98. The summed E-state index contributed by atoms with van der Waals surface area (Å²) in [6.07, 6.45) is 1.20. The number of aryl methyl sites for hydroxylation is 1. The Hall–Kier alpha value is -4.00. The Bertz CT molecular complexity index is 1340. The van der Waals surface area contributed by atoms with E-state index in [4.69, 9.17) is 16.3 Å². The number of anilines is 1. The molecule has 2 aromatic heterocycles. The molecular formula is C17H15ClN6O7. The third-order valence-corrected chi connectivity index (χ3v) is 4.55. The molecule has 0 atom stereocenters. The Balaban J connectivity index is 1.69. The molecule has 0 saturated heterocycles. The lowest BCUT2D eigenvalue weighted by atomic mass is 10.2. The van der Waals surface area contributed by atoms with E-state index in [-0.39, 0.29) is 21.9 Å². The molecule has 3 rings (SSSR count). The Morgan fingerprint density at radius 2 is 1.97 bits per heavy atom. The summed E-state index contributed by atoms with van der Waals surface area (Å²) in [5, 5.41) is 13.4. The average molecular weight is 451 g/mol.